The molecular formula is C26H25FN4O2S2. The van der Waals surface area contributed by atoms with Gasteiger partial charge in [0.15, 0.2) is 5.16 Å². The van der Waals surface area contributed by atoms with Gasteiger partial charge in [-0.25, -0.2) is 9.37 Å². The lowest BCUT2D eigenvalue weighted by atomic mass is 10.1. The number of para-hydroxylation sites is 1. The van der Waals surface area contributed by atoms with Crippen LogP contribution < -0.4 is 10.9 Å². The number of amides is 1. The Labute approximate surface area is 210 Å². The molecule has 2 aromatic carbocycles. The number of rotatable bonds is 6. The summed E-state index contributed by atoms with van der Waals surface area (Å²) in [7, 11) is 0. The first-order chi connectivity index (χ1) is 16.9. The Morgan fingerprint density at radius 3 is 2.71 bits per heavy atom. The predicted molar refractivity (Wildman–Crippen MR) is 140 cm³/mol. The molecule has 6 nitrogen and oxygen atoms in total. The number of aromatic nitrogens is 2. The second kappa shape index (κ2) is 9.93. The van der Waals surface area contributed by atoms with Gasteiger partial charge in [0.2, 0.25) is 5.91 Å². The summed E-state index contributed by atoms with van der Waals surface area (Å²) in [5.74, 6) is -0.867. The molecule has 1 aliphatic rings. The first-order valence-corrected chi connectivity index (χ1v) is 13.3. The number of halogens is 1. The second-order valence-electron chi connectivity index (χ2n) is 8.49. The normalized spacial score (nSPS) is 13.7. The lowest BCUT2D eigenvalue weighted by Crippen LogP contribution is -2.30. The predicted octanol–water partition coefficient (Wildman–Crippen LogP) is 5.00. The number of likely N-dealkylation sites (N-methyl/N-ethyl adjacent to an activating group) is 1. The molecule has 0 fully saturated rings. The molecule has 0 aliphatic carbocycles. The molecule has 1 aliphatic heterocycles. The van der Waals surface area contributed by atoms with Crippen molar-refractivity contribution in [1.82, 2.24) is 14.5 Å². The summed E-state index contributed by atoms with van der Waals surface area (Å²) in [6.07, 6.45) is 0.825. The highest BCUT2D eigenvalue weighted by molar-refractivity contribution is 7.99. The van der Waals surface area contributed by atoms with Crippen LogP contribution in [0.2, 0.25) is 0 Å². The van der Waals surface area contributed by atoms with E-state index in [2.05, 4.69) is 17.1 Å². The summed E-state index contributed by atoms with van der Waals surface area (Å²) in [5, 5.41) is 3.72. The van der Waals surface area contributed by atoms with Gasteiger partial charge in [-0.15, -0.1) is 11.3 Å². The van der Waals surface area contributed by atoms with Gasteiger partial charge in [0.1, 0.15) is 10.6 Å². The third kappa shape index (κ3) is 4.76. The Balaban J connectivity index is 1.53. The molecule has 1 N–H and O–H groups in total. The summed E-state index contributed by atoms with van der Waals surface area (Å²) in [6, 6.07) is 13.7. The Hall–Kier alpha value is -3.01. The summed E-state index contributed by atoms with van der Waals surface area (Å²) in [4.78, 5) is 35.6. The van der Waals surface area contributed by atoms with Crippen molar-refractivity contribution in [2.45, 2.75) is 32.0 Å². The number of hydrogen-bond acceptors (Lipinski definition) is 6. The fraction of sp³-hybridized carbons (Fsp3) is 0.269. The standard InChI is InChI=1S/C26H25FN4O2S2/c1-3-30-13-12-18-21(14-30)35-24-23(18)25(33)31(17-10-8-16(2)9-11-17)26(29-24)34-15-22(32)28-20-7-5-4-6-19(20)27/h4-11H,3,12-15H2,1-2H3,(H,28,32). The zero-order chi connectivity index (χ0) is 24.5. The number of thiophene rings is 1. The van der Waals surface area contributed by atoms with Gasteiger partial charge in [0.25, 0.3) is 5.56 Å². The summed E-state index contributed by atoms with van der Waals surface area (Å²) < 4.78 is 15.5. The van der Waals surface area contributed by atoms with E-state index in [1.807, 2.05) is 31.2 Å². The van der Waals surface area contributed by atoms with Crippen molar-refractivity contribution in [1.29, 1.82) is 0 Å². The topological polar surface area (TPSA) is 67.2 Å². The van der Waals surface area contributed by atoms with Crippen LogP contribution >= 0.6 is 23.1 Å². The molecule has 35 heavy (non-hydrogen) atoms. The van der Waals surface area contributed by atoms with Crippen molar-refractivity contribution in [2.24, 2.45) is 0 Å². The molecule has 0 spiro atoms. The Morgan fingerprint density at radius 2 is 1.97 bits per heavy atom. The average molecular weight is 509 g/mol. The molecule has 180 valence electrons. The molecular weight excluding hydrogens is 483 g/mol. The molecule has 9 heteroatoms. The van der Waals surface area contributed by atoms with Crippen molar-refractivity contribution >= 4 is 44.9 Å². The largest absolute Gasteiger partial charge is 0.323 e. The van der Waals surface area contributed by atoms with Gasteiger partial charge < -0.3 is 5.32 Å². The van der Waals surface area contributed by atoms with Gasteiger partial charge in [0, 0.05) is 18.0 Å². The van der Waals surface area contributed by atoms with E-state index in [0.29, 0.717) is 21.1 Å². The lowest BCUT2D eigenvalue weighted by molar-refractivity contribution is -0.113. The fourth-order valence-corrected chi connectivity index (χ4v) is 6.36. The van der Waals surface area contributed by atoms with Gasteiger partial charge in [-0.05, 0) is 49.7 Å². The van der Waals surface area contributed by atoms with Crippen molar-refractivity contribution in [3.8, 4) is 5.69 Å². The number of hydrogen-bond donors (Lipinski definition) is 1. The van der Waals surface area contributed by atoms with Gasteiger partial charge in [-0.1, -0.05) is 48.5 Å². The highest BCUT2D eigenvalue weighted by Gasteiger charge is 2.25. The number of carbonyl (C=O) groups excluding carboxylic acids is 1. The van der Waals surface area contributed by atoms with E-state index in [0.717, 1.165) is 37.2 Å². The molecule has 1 amide bonds. The third-order valence-electron chi connectivity index (χ3n) is 6.14. The Kier molecular flexibility index (Phi) is 6.73. The highest BCUT2D eigenvalue weighted by Crippen LogP contribution is 2.34. The minimum atomic E-state index is -0.493. The highest BCUT2D eigenvalue weighted by atomic mass is 32.2. The molecule has 0 radical (unpaired) electrons. The quantitative estimate of drug-likeness (QED) is 0.293. The van der Waals surface area contributed by atoms with Crippen LogP contribution in [-0.2, 0) is 17.8 Å². The van der Waals surface area contributed by atoms with Crippen molar-refractivity contribution in [2.75, 3.05) is 24.2 Å². The molecule has 3 heterocycles. The summed E-state index contributed by atoms with van der Waals surface area (Å²) in [5.41, 5.74) is 2.91. The first-order valence-electron chi connectivity index (χ1n) is 11.5. The van der Waals surface area contributed by atoms with Crippen LogP contribution in [0.3, 0.4) is 0 Å². The molecule has 2 aromatic heterocycles. The van der Waals surface area contributed by atoms with E-state index in [1.165, 1.54) is 28.8 Å². The zero-order valence-electron chi connectivity index (χ0n) is 19.5. The molecule has 5 rings (SSSR count). The molecule has 0 bridgehead atoms. The van der Waals surface area contributed by atoms with Crippen LogP contribution in [0.1, 0.15) is 22.9 Å². The van der Waals surface area contributed by atoms with Crippen molar-refractivity contribution in [3.05, 3.63) is 80.7 Å². The van der Waals surface area contributed by atoms with Crippen molar-refractivity contribution in [3.63, 3.8) is 0 Å². The van der Waals surface area contributed by atoms with E-state index in [9.17, 15) is 14.0 Å². The lowest BCUT2D eigenvalue weighted by Gasteiger charge is -2.25. The Bertz CT molecular complexity index is 1460. The minimum Gasteiger partial charge on any atom is -0.323 e. The van der Waals surface area contributed by atoms with Gasteiger partial charge >= 0.3 is 0 Å². The van der Waals surface area contributed by atoms with E-state index in [1.54, 1.807) is 28.0 Å². The molecule has 0 atom stereocenters. The number of thioether (sulfide) groups is 1. The summed E-state index contributed by atoms with van der Waals surface area (Å²) in [6.45, 7) is 6.84. The average Bonchev–Trinajstić information content (AvgIpc) is 3.22. The van der Waals surface area contributed by atoms with Crippen LogP contribution in [-0.4, -0.2) is 39.2 Å². The maximum absolute atomic E-state index is 13.9. The molecule has 0 saturated carbocycles. The van der Waals surface area contributed by atoms with Crippen LogP contribution in [0.25, 0.3) is 15.9 Å². The van der Waals surface area contributed by atoms with E-state index < -0.39 is 5.82 Å². The van der Waals surface area contributed by atoms with E-state index in [-0.39, 0.29) is 22.9 Å². The fourth-order valence-electron chi connectivity index (χ4n) is 4.24. The number of fused-ring (bicyclic) bond motifs is 3. The van der Waals surface area contributed by atoms with E-state index >= 15 is 0 Å². The van der Waals surface area contributed by atoms with Crippen LogP contribution in [0.4, 0.5) is 10.1 Å². The number of nitrogens with one attached hydrogen (secondary N) is 1. The van der Waals surface area contributed by atoms with Gasteiger partial charge in [-0.3, -0.25) is 19.1 Å². The first kappa shape index (κ1) is 23.7. The number of anilines is 1. The maximum Gasteiger partial charge on any atom is 0.267 e. The second-order valence-corrected chi connectivity index (χ2v) is 10.5. The molecule has 0 unspecified atom stereocenters. The van der Waals surface area contributed by atoms with Crippen molar-refractivity contribution < 1.29 is 9.18 Å². The third-order valence-corrected chi connectivity index (χ3v) is 8.19. The Morgan fingerprint density at radius 1 is 1.20 bits per heavy atom. The summed E-state index contributed by atoms with van der Waals surface area (Å²) >= 11 is 2.74. The van der Waals surface area contributed by atoms with Crippen LogP contribution in [0.5, 0.6) is 0 Å². The number of aryl methyl sites for hydroxylation is 1. The van der Waals surface area contributed by atoms with Crippen LogP contribution in [0.15, 0.2) is 58.5 Å². The number of benzene rings is 2. The smallest absolute Gasteiger partial charge is 0.267 e. The number of nitrogens with zero attached hydrogens (tertiary/aromatic N) is 3. The van der Waals surface area contributed by atoms with Gasteiger partial charge in [-0.2, -0.15) is 0 Å². The van der Waals surface area contributed by atoms with Gasteiger partial charge in [0.05, 0.1) is 22.5 Å². The van der Waals surface area contributed by atoms with E-state index in [4.69, 9.17) is 4.98 Å². The zero-order valence-corrected chi connectivity index (χ0v) is 21.1. The SMILES string of the molecule is CCN1CCc2c(sc3nc(SCC(=O)Nc4ccccc4F)n(-c4ccc(C)cc4)c(=O)c23)C1. The maximum atomic E-state index is 13.9. The minimum absolute atomic E-state index is 0.00710. The van der Waals surface area contributed by atoms with Crippen LogP contribution in [0, 0.1) is 12.7 Å². The molecule has 0 saturated heterocycles. The number of carbonyl (C=O) groups is 1. The monoisotopic (exact) mass is 508 g/mol. The molecule has 4 aromatic rings.